The van der Waals surface area contributed by atoms with Crippen molar-refractivity contribution >= 4 is 17.4 Å². The fourth-order valence-electron chi connectivity index (χ4n) is 9.24. The predicted molar refractivity (Wildman–Crippen MR) is 179 cm³/mol. The lowest BCUT2D eigenvalue weighted by atomic mass is 9.74. The lowest BCUT2D eigenvalue weighted by molar-refractivity contribution is -0.0855. The molecule has 5 aliphatic heterocycles. The van der Waals surface area contributed by atoms with Gasteiger partial charge in [-0.15, -0.1) is 0 Å². The molecule has 2 N–H and O–H groups in total. The second kappa shape index (κ2) is 12.2. The fourth-order valence-corrected chi connectivity index (χ4v) is 9.24. The topological polar surface area (TPSA) is 124 Å². The molecular weight excluding hydrogens is 627 g/mol. The first-order valence-electron chi connectivity index (χ1n) is 18.0. The first kappa shape index (κ1) is 31.2. The van der Waals surface area contributed by atoms with Crippen LogP contribution in [0.5, 0.6) is 6.01 Å². The molecule has 0 radical (unpaired) electrons. The van der Waals surface area contributed by atoms with Crippen molar-refractivity contribution in [1.29, 1.82) is 0 Å². The number of hydrogen-bond acceptors (Lipinski definition) is 10. The second-order valence-corrected chi connectivity index (χ2v) is 14.8. The molecule has 1 spiro atoms. The van der Waals surface area contributed by atoms with E-state index in [1.165, 1.54) is 5.56 Å². The van der Waals surface area contributed by atoms with Crippen molar-refractivity contribution in [2.24, 2.45) is 0 Å². The molecule has 6 aliphatic rings. The first-order chi connectivity index (χ1) is 23.9. The van der Waals surface area contributed by atoms with Crippen LogP contribution in [0.1, 0.15) is 77.1 Å². The van der Waals surface area contributed by atoms with Crippen LogP contribution in [-0.2, 0) is 47.6 Å². The lowest BCUT2D eigenvalue weighted by Gasteiger charge is -2.43. The Hall–Kier alpha value is -3.81. The number of nitrogens with zero attached hydrogens (tertiary/aromatic N) is 7. The van der Waals surface area contributed by atoms with Gasteiger partial charge in [-0.2, -0.15) is 15.1 Å². The number of morpholine rings is 1. The van der Waals surface area contributed by atoms with Crippen LogP contribution in [0.3, 0.4) is 0 Å². The molecule has 3 saturated heterocycles. The summed E-state index contributed by atoms with van der Waals surface area (Å²) in [5.74, 6) is 0.741. The standard InChI is InChI=1S/C36H45FN8O4/c37-25-18-35(7-2-10-44(35)20-25)23-48-34-39-31-19-36(8-1-4-24-5-6-26(38)16-29(24)36)49-22-28(31)32(40-34)43-9-3-11-45-27(21-43)17-30(41-45)33(46)42-12-14-47-15-13-42/h5-6,16-17,25H,1-4,7-15,18-23,38H2/t25?,35-,36-/m0/s1. The third-order valence-electron chi connectivity index (χ3n) is 11.7. The number of rotatable bonds is 5. The Bertz CT molecular complexity index is 1760. The number of nitrogen functional groups attached to an aromatic ring is 1. The molecule has 1 aliphatic carbocycles. The highest BCUT2D eigenvalue weighted by molar-refractivity contribution is 5.92. The highest BCUT2D eigenvalue weighted by atomic mass is 19.1. The van der Waals surface area contributed by atoms with Crippen molar-refractivity contribution in [3.8, 4) is 6.01 Å². The summed E-state index contributed by atoms with van der Waals surface area (Å²) in [4.78, 5) is 29.8. The van der Waals surface area contributed by atoms with E-state index in [0.29, 0.717) is 83.7 Å². The van der Waals surface area contributed by atoms with Gasteiger partial charge in [0.2, 0.25) is 0 Å². The Kier molecular flexibility index (Phi) is 7.77. The number of fused-ring (bicyclic) bond motifs is 5. The zero-order valence-corrected chi connectivity index (χ0v) is 28.0. The molecule has 49 heavy (non-hydrogen) atoms. The van der Waals surface area contributed by atoms with E-state index in [-0.39, 0.29) is 11.4 Å². The van der Waals surface area contributed by atoms with Gasteiger partial charge in [-0.3, -0.25) is 14.4 Å². The van der Waals surface area contributed by atoms with Gasteiger partial charge in [0.1, 0.15) is 18.6 Å². The van der Waals surface area contributed by atoms with Crippen LogP contribution in [-0.4, -0.2) is 99.7 Å². The van der Waals surface area contributed by atoms with Crippen LogP contribution in [0, 0.1) is 0 Å². The van der Waals surface area contributed by atoms with Crippen LogP contribution in [0.2, 0.25) is 0 Å². The van der Waals surface area contributed by atoms with Crippen LogP contribution >= 0.6 is 0 Å². The highest BCUT2D eigenvalue weighted by Gasteiger charge is 2.50. The minimum atomic E-state index is -0.832. The summed E-state index contributed by atoms with van der Waals surface area (Å²) in [7, 11) is 0. The molecule has 1 aromatic carbocycles. The lowest BCUT2D eigenvalue weighted by Crippen LogP contribution is -2.44. The van der Waals surface area contributed by atoms with E-state index in [4.69, 9.17) is 35.0 Å². The average Bonchev–Trinajstić information content (AvgIpc) is 3.74. The van der Waals surface area contributed by atoms with Crippen molar-refractivity contribution < 1.29 is 23.4 Å². The van der Waals surface area contributed by atoms with Gasteiger partial charge in [-0.25, -0.2) is 4.39 Å². The summed E-state index contributed by atoms with van der Waals surface area (Å²) in [5, 5.41) is 4.74. The molecule has 3 atom stereocenters. The van der Waals surface area contributed by atoms with Crippen molar-refractivity contribution in [2.45, 2.75) is 88.4 Å². The second-order valence-electron chi connectivity index (χ2n) is 14.8. The zero-order chi connectivity index (χ0) is 33.2. The molecule has 12 nitrogen and oxygen atoms in total. The molecule has 0 saturated carbocycles. The zero-order valence-electron chi connectivity index (χ0n) is 28.0. The third-order valence-corrected chi connectivity index (χ3v) is 11.7. The van der Waals surface area contributed by atoms with Crippen molar-refractivity contribution in [2.75, 3.05) is 63.2 Å². The fraction of sp³-hybridized carbons (Fsp3) is 0.611. The van der Waals surface area contributed by atoms with Gasteiger partial charge in [-0.05, 0) is 74.4 Å². The summed E-state index contributed by atoms with van der Waals surface area (Å²) in [6.45, 7) is 6.36. The van der Waals surface area contributed by atoms with E-state index in [1.807, 2.05) is 21.7 Å². The normalized spacial score (nSPS) is 28.1. The Morgan fingerprint density at radius 3 is 2.86 bits per heavy atom. The Balaban J connectivity index is 1.06. The number of carbonyl (C=O) groups is 1. The number of benzene rings is 1. The summed E-state index contributed by atoms with van der Waals surface area (Å²) < 4.78 is 35.4. The highest BCUT2D eigenvalue weighted by Crippen LogP contribution is 2.47. The van der Waals surface area contributed by atoms with E-state index in [1.54, 1.807) is 0 Å². The maximum absolute atomic E-state index is 14.6. The summed E-state index contributed by atoms with van der Waals surface area (Å²) in [6.07, 6.45) is 5.97. The Morgan fingerprint density at radius 2 is 1.96 bits per heavy atom. The molecule has 1 unspecified atom stereocenters. The van der Waals surface area contributed by atoms with E-state index in [0.717, 1.165) is 85.6 Å². The van der Waals surface area contributed by atoms with E-state index in [2.05, 4.69) is 21.9 Å². The average molecular weight is 673 g/mol. The molecule has 3 fully saturated rings. The maximum Gasteiger partial charge on any atom is 0.318 e. The molecule has 13 heteroatoms. The van der Waals surface area contributed by atoms with Crippen LogP contribution in [0.15, 0.2) is 24.3 Å². The number of anilines is 2. The first-order valence-corrected chi connectivity index (χ1v) is 18.0. The molecule has 7 heterocycles. The quantitative estimate of drug-likeness (QED) is 0.404. The molecule has 1 amide bonds. The monoisotopic (exact) mass is 672 g/mol. The van der Waals surface area contributed by atoms with Crippen molar-refractivity contribution in [1.82, 2.24) is 29.5 Å². The number of halogens is 1. The van der Waals surface area contributed by atoms with Gasteiger partial charge in [-0.1, -0.05) is 6.07 Å². The predicted octanol–water partition coefficient (Wildman–Crippen LogP) is 3.40. The smallest absolute Gasteiger partial charge is 0.318 e. The molecule has 9 rings (SSSR count). The summed E-state index contributed by atoms with van der Waals surface area (Å²) in [5.41, 5.74) is 12.0. The van der Waals surface area contributed by atoms with Crippen molar-refractivity contribution in [3.05, 3.63) is 58.0 Å². The molecule has 0 bridgehead atoms. The van der Waals surface area contributed by atoms with Crippen LogP contribution in [0.4, 0.5) is 15.9 Å². The van der Waals surface area contributed by atoms with E-state index < -0.39 is 11.8 Å². The third kappa shape index (κ3) is 5.54. The molecule has 260 valence electrons. The number of alkyl halides is 1. The Morgan fingerprint density at radius 1 is 1.06 bits per heavy atom. The van der Waals surface area contributed by atoms with Crippen LogP contribution < -0.4 is 15.4 Å². The molecular formula is C36H45FN8O4. The SMILES string of the molecule is Nc1ccc2c(c1)[C@]1(CCC2)Cc2nc(OC[C@@]34CCCN3CC(F)C4)nc(N3CCCn4nc(C(=O)N5CCOCC5)cc4C3)c2CO1. The van der Waals surface area contributed by atoms with Gasteiger partial charge in [0.05, 0.1) is 48.9 Å². The van der Waals surface area contributed by atoms with Crippen LogP contribution in [0.25, 0.3) is 0 Å². The summed E-state index contributed by atoms with van der Waals surface area (Å²) in [6, 6.07) is 8.44. The van der Waals surface area contributed by atoms with Gasteiger partial charge >= 0.3 is 6.01 Å². The minimum Gasteiger partial charge on any atom is -0.461 e. The van der Waals surface area contributed by atoms with Gasteiger partial charge in [0.25, 0.3) is 5.91 Å². The largest absolute Gasteiger partial charge is 0.461 e. The maximum atomic E-state index is 14.6. The molecule has 2 aromatic heterocycles. The number of carbonyl (C=O) groups excluding carboxylic acids is 1. The Labute approximate surface area is 285 Å². The molecule has 3 aromatic rings. The number of aryl methyl sites for hydroxylation is 2. The number of ether oxygens (including phenoxy) is 3. The van der Waals surface area contributed by atoms with Gasteiger partial charge < -0.3 is 29.7 Å². The number of hydrogen-bond donors (Lipinski definition) is 1. The number of nitrogens with two attached hydrogens (primary N) is 1. The van der Waals surface area contributed by atoms with E-state index >= 15 is 0 Å². The summed E-state index contributed by atoms with van der Waals surface area (Å²) >= 11 is 0. The van der Waals surface area contributed by atoms with Gasteiger partial charge in [0.15, 0.2) is 5.69 Å². The van der Waals surface area contributed by atoms with Crippen molar-refractivity contribution in [3.63, 3.8) is 0 Å². The number of aromatic nitrogens is 4. The minimum absolute atomic E-state index is 0.0552. The van der Waals surface area contributed by atoms with Gasteiger partial charge in [0, 0.05) is 56.8 Å². The number of amides is 1. The van der Waals surface area contributed by atoms with E-state index in [9.17, 15) is 9.18 Å².